The molecule has 0 atom stereocenters. The smallest absolute Gasteiger partial charge is 0.183 e. The van der Waals surface area contributed by atoms with Gasteiger partial charge in [-0.2, -0.15) is 0 Å². The SMILES string of the molecule is COc1ccc(CCN2C=CN(NC(N)=S)C=C2Cl)c(OC)c1. The molecule has 1 aromatic rings. The molecule has 23 heavy (non-hydrogen) atoms. The van der Waals surface area contributed by atoms with Crippen molar-refractivity contribution in [2.45, 2.75) is 6.42 Å². The molecular formula is C15H19ClN4O2S. The lowest BCUT2D eigenvalue weighted by Crippen LogP contribution is -2.40. The maximum absolute atomic E-state index is 6.27. The minimum absolute atomic E-state index is 0.173. The van der Waals surface area contributed by atoms with Crippen LogP contribution < -0.4 is 20.6 Å². The number of rotatable bonds is 6. The van der Waals surface area contributed by atoms with E-state index in [1.807, 2.05) is 29.3 Å². The number of thiocarbonyl (C=S) groups is 1. The van der Waals surface area contributed by atoms with Crippen molar-refractivity contribution < 1.29 is 9.47 Å². The number of nitrogens with two attached hydrogens (primary N) is 1. The van der Waals surface area contributed by atoms with Gasteiger partial charge in [0.25, 0.3) is 0 Å². The molecule has 1 aromatic carbocycles. The Kier molecular flexibility index (Phi) is 5.95. The number of nitrogens with zero attached hydrogens (tertiary/aromatic N) is 2. The maximum atomic E-state index is 6.27. The highest BCUT2D eigenvalue weighted by molar-refractivity contribution is 7.80. The molecule has 0 saturated heterocycles. The highest BCUT2D eigenvalue weighted by Gasteiger charge is 2.13. The third-order valence-corrected chi connectivity index (χ3v) is 3.69. The highest BCUT2D eigenvalue weighted by atomic mass is 35.5. The molecule has 0 aliphatic carbocycles. The predicted molar refractivity (Wildman–Crippen MR) is 94.8 cm³/mol. The van der Waals surface area contributed by atoms with E-state index in [9.17, 15) is 0 Å². The maximum Gasteiger partial charge on any atom is 0.183 e. The number of methoxy groups -OCH3 is 2. The Morgan fingerprint density at radius 2 is 2.09 bits per heavy atom. The molecule has 1 aliphatic rings. The van der Waals surface area contributed by atoms with Crippen molar-refractivity contribution in [1.82, 2.24) is 15.3 Å². The molecular weight excluding hydrogens is 336 g/mol. The molecule has 1 heterocycles. The Morgan fingerprint density at radius 3 is 2.70 bits per heavy atom. The Labute approximate surface area is 146 Å². The third kappa shape index (κ3) is 4.67. The van der Waals surface area contributed by atoms with Crippen LogP contribution in [-0.2, 0) is 6.42 Å². The number of nitrogens with one attached hydrogen (secondary N) is 1. The highest BCUT2D eigenvalue weighted by Crippen LogP contribution is 2.26. The number of hydrogen-bond acceptors (Lipinski definition) is 5. The summed E-state index contributed by atoms with van der Waals surface area (Å²) in [7, 11) is 3.27. The van der Waals surface area contributed by atoms with Gasteiger partial charge in [0.15, 0.2) is 5.11 Å². The predicted octanol–water partition coefficient (Wildman–Crippen LogP) is 2.12. The summed E-state index contributed by atoms with van der Waals surface area (Å²) in [4.78, 5) is 1.92. The third-order valence-electron chi connectivity index (χ3n) is 3.28. The topological polar surface area (TPSA) is 63.0 Å². The van der Waals surface area contributed by atoms with Crippen molar-refractivity contribution in [2.75, 3.05) is 20.8 Å². The zero-order chi connectivity index (χ0) is 16.8. The number of hydrogen-bond donors (Lipinski definition) is 2. The lowest BCUT2D eigenvalue weighted by Gasteiger charge is -2.28. The fraction of sp³-hybridized carbons (Fsp3) is 0.267. The van der Waals surface area contributed by atoms with Crippen LogP contribution in [-0.4, -0.2) is 35.8 Å². The first-order valence-corrected chi connectivity index (χ1v) is 7.69. The first-order chi connectivity index (χ1) is 11.0. The molecule has 8 heteroatoms. The van der Waals surface area contributed by atoms with E-state index < -0.39 is 0 Å². The molecule has 0 aromatic heterocycles. The Balaban J connectivity index is 1.99. The van der Waals surface area contributed by atoms with Crippen LogP contribution in [0.3, 0.4) is 0 Å². The number of halogens is 1. The van der Waals surface area contributed by atoms with Gasteiger partial charge in [-0.05, 0) is 30.3 Å². The molecule has 0 saturated carbocycles. The minimum atomic E-state index is 0.173. The van der Waals surface area contributed by atoms with Gasteiger partial charge in [0.05, 0.1) is 20.4 Å². The summed E-state index contributed by atoms with van der Waals surface area (Å²) in [5.41, 5.74) is 9.28. The molecule has 2 rings (SSSR count). The summed E-state index contributed by atoms with van der Waals surface area (Å²) < 4.78 is 10.6. The van der Waals surface area contributed by atoms with Crippen LogP contribution in [0.5, 0.6) is 11.5 Å². The van der Waals surface area contributed by atoms with Crippen LogP contribution >= 0.6 is 23.8 Å². The summed E-state index contributed by atoms with van der Waals surface area (Å²) >= 11 is 11.1. The number of ether oxygens (including phenoxy) is 2. The fourth-order valence-corrected chi connectivity index (χ4v) is 2.48. The number of hydrazine groups is 1. The van der Waals surface area contributed by atoms with Gasteiger partial charge in [-0.25, -0.2) is 0 Å². The van der Waals surface area contributed by atoms with E-state index in [2.05, 4.69) is 5.43 Å². The average molecular weight is 355 g/mol. The average Bonchev–Trinajstić information content (AvgIpc) is 2.53. The molecule has 0 spiro atoms. The lowest BCUT2D eigenvalue weighted by molar-refractivity contribution is 0.378. The largest absolute Gasteiger partial charge is 0.497 e. The molecule has 0 unspecified atom stereocenters. The Morgan fingerprint density at radius 1 is 1.30 bits per heavy atom. The van der Waals surface area contributed by atoms with E-state index in [1.165, 1.54) is 0 Å². The van der Waals surface area contributed by atoms with Gasteiger partial charge in [0.2, 0.25) is 0 Å². The van der Waals surface area contributed by atoms with E-state index in [0.717, 1.165) is 23.5 Å². The van der Waals surface area contributed by atoms with Gasteiger partial charge in [0, 0.05) is 25.0 Å². The second-order valence-corrected chi connectivity index (χ2v) is 5.58. The van der Waals surface area contributed by atoms with Crippen LogP contribution in [0.1, 0.15) is 5.56 Å². The minimum Gasteiger partial charge on any atom is -0.497 e. The first kappa shape index (κ1) is 17.2. The number of benzene rings is 1. The van der Waals surface area contributed by atoms with Crippen molar-refractivity contribution in [1.29, 1.82) is 0 Å². The molecule has 0 radical (unpaired) electrons. The molecule has 1 aliphatic heterocycles. The van der Waals surface area contributed by atoms with E-state index in [4.69, 9.17) is 39.0 Å². The molecule has 3 N–H and O–H groups in total. The van der Waals surface area contributed by atoms with Crippen molar-refractivity contribution in [2.24, 2.45) is 5.73 Å². The molecule has 0 amide bonds. The molecule has 6 nitrogen and oxygen atoms in total. The van der Waals surface area contributed by atoms with E-state index >= 15 is 0 Å². The Hall–Kier alpha value is -2.12. The normalized spacial score (nSPS) is 13.6. The second kappa shape index (κ2) is 7.94. The zero-order valence-electron chi connectivity index (χ0n) is 13.0. The van der Waals surface area contributed by atoms with E-state index in [0.29, 0.717) is 11.7 Å². The lowest BCUT2D eigenvalue weighted by atomic mass is 10.1. The summed E-state index contributed by atoms with van der Waals surface area (Å²) in [6.07, 6.45) is 6.11. The van der Waals surface area contributed by atoms with E-state index in [1.54, 1.807) is 31.6 Å². The summed E-state index contributed by atoms with van der Waals surface area (Å²) in [6.45, 7) is 0.704. The van der Waals surface area contributed by atoms with Gasteiger partial charge < -0.3 is 20.1 Å². The van der Waals surface area contributed by atoms with Crippen molar-refractivity contribution in [3.63, 3.8) is 0 Å². The molecule has 0 fully saturated rings. The molecule has 0 bridgehead atoms. The van der Waals surface area contributed by atoms with Gasteiger partial charge >= 0.3 is 0 Å². The van der Waals surface area contributed by atoms with Crippen molar-refractivity contribution >= 4 is 28.9 Å². The summed E-state index contributed by atoms with van der Waals surface area (Å²) in [6, 6.07) is 5.77. The molecule has 124 valence electrons. The van der Waals surface area contributed by atoms with Gasteiger partial charge in [0.1, 0.15) is 16.7 Å². The van der Waals surface area contributed by atoms with Crippen LogP contribution in [0.25, 0.3) is 0 Å². The van der Waals surface area contributed by atoms with Crippen molar-refractivity contribution in [3.8, 4) is 11.5 Å². The van der Waals surface area contributed by atoms with Gasteiger partial charge in [-0.15, -0.1) is 0 Å². The van der Waals surface area contributed by atoms with Crippen LogP contribution in [0.4, 0.5) is 0 Å². The summed E-state index contributed by atoms with van der Waals surface area (Å²) in [5.74, 6) is 1.56. The van der Waals surface area contributed by atoms with Gasteiger partial charge in [-0.1, -0.05) is 17.7 Å². The monoisotopic (exact) mass is 354 g/mol. The van der Waals surface area contributed by atoms with E-state index in [-0.39, 0.29) is 5.11 Å². The quantitative estimate of drug-likeness (QED) is 0.599. The Bertz CT molecular complexity index is 636. The van der Waals surface area contributed by atoms with Crippen LogP contribution in [0, 0.1) is 0 Å². The fourth-order valence-electron chi connectivity index (χ4n) is 2.13. The summed E-state index contributed by atoms with van der Waals surface area (Å²) in [5, 5.41) is 2.34. The standard InChI is InChI=1S/C15H19ClN4O2S/c1-21-12-4-3-11(13(9-12)22-2)5-6-19-7-8-20(10-14(19)16)18-15(17)23/h3-4,7-10H,5-6H2,1-2H3,(H3,17,18,23). The van der Waals surface area contributed by atoms with Crippen molar-refractivity contribution in [3.05, 3.63) is 47.5 Å². The second-order valence-electron chi connectivity index (χ2n) is 4.75. The van der Waals surface area contributed by atoms with Crippen LogP contribution in [0.2, 0.25) is 0 Å². The zero-order valence-corrected chi connectivity index (χ0v) is 14.5. The van der Waals surface area contributed by atoms with Gasteiger partial charge in [-0.3, -0.25) is 10.4 Å². The van der Waals surface area contributed by atoms with Crippen LogP contribution in [0.15, 0.2) is 42.0 Å². The first-order valence-electron chi connectivity index (χ1n) is 6.91.